The number of para-hydroxylation sites is 1. The molecule has 2 aromatic heterocycles. The monoisotopic (exact) mass is 427 g/mol. The van der Waals surface area contributed by atoms with Crippen LogP contribution < -0.4 is 10.6 Å². The largest absolute Gasteiger partial charge is 0.349 e. The van der Waals surface area contributed by atoms with E-state index in [0.29, 0.717) is 22.2 Å². The van der Waals surface area contributed by atoms with E-state index < -0.39 is 0 Å². The molecule has 0 saturated heterocycles. The minimum absolute atomic E-state index is 0.144. The van der Waals surface area contributed by atoms with Crippen LogP contribution in [0.15, 0.2) is 46.9 Å². The third-order valence-electron chi connectivity index (χ3n) is 4.69. The van der Waals surface area contributed by atoms with Crippen molar-refractivity contribution in [2.24, 2.45) is 0 Å². The van der Waals surface area contributed by atoms with E-state index in [2.05, 4.69) is 25.8 Å². The summed E-state index contributed by atoms with van der Waals surface area (Å²) in [4.78, 5) is 30.4. The molecule has 1 aliphatic carbocycles. The summed E-state index contributed by atoms with van der Waals surface area (Å²) in [6.45, 7) is 0. The van der Waals surface area contributed by atoms with Crippen LogP contribution in [0.4, 0.5) is 5.69 Å². The van der Waals surface area contributed by atoms with Gasteiger partial charge in [-0.3, -0.25) is 14.7 Å². The predicted octanol–water partition coefficient (Wildman–Crippen LogP) is 3.94. The molecule has 1 aromatic carbocycles. The number of carbonyl (C=O) groups is 2. The maximum absolute atomic E-state index is 12.6. The molecule has 7 nitrogen and oxygen atoms in total. The summed E-state index contributed by atoms with van der Waals surface area (Å²) in [5.41, 5.74) is 0.999. The first kappa shape index (κ1) is 19.7. The van der Waals surface area contributed by atoms with Gasteiger partial charge >= 0.3 is 0 Å². The first-order valence-electron chi connectivity index (χ1n) is 9.48. The molecule has 3 aromatic rings. The molecule has 0 bridgehead atoms. The van der Waals surface area contributed by atoms with Crippen molar-refractivity contribution in [2.75, 3.05) is 11.1 Å². The van der Waals surface area contributed by atoms with Crippen molar-refractivity contribution in [1.29, 1.82) is 0 Å². The smallest absolute Gasteiger partial charge is 0.253 e. The number of benzene rings is 1. The standard InChI is InChI=1S/C20H21N5O2S2/c26-17(12-29-20-23-18(24-25-20)16-10-5-11-28-16)22-15-9-4-3-8-14(15)19(27)21-13-6-1-2-7-13/h3-5,8-11,13H,1-2,6-7,12H2,(H,21,27)(H,22,26)(H,23,24,25). The third-order valence-corrected chi connectivity index (χ3v) is 6.41. The van der Waals surface area contributed by atoms with E-state index in [4.69, 9.17) is 0 Å². The summed E-state index contributed by atoms with van der Waals surface area (Å²) in [7, 11) is 0. The SMILES string of the molecule is O=C(CSc1n[nH]c(-c2cccs2)n1)Nc1ccccc1C(=O)NC1CCCC1. The number of aromatic nitrogens is 3. The average Bonchev–Trinajstić information content (AvgIpc) is 3.48. The molecule has 1 fully saturated rings. The van der Waals surface area contributed by atoms with Gasteiger partial charge in [-0.05, 0) is 36.4 Å². The molecule has 0 radical (unpaired) electrons. The molecule has 2 amide bonds. The van der Waals surface area contributed by atoms with E-state index in [1.165, 1.54) is 11.8 Å². The van der Waals surface area contributed by atoms with Crippen LogP contribution in [0.1, 0.15) is 36.0 Å². The fourth-order valence-electron chi connectivity index (χ4n) is 3.27. The number of nitrogens with one attached hydrogen (secondary N) is 3. The Hall–Kier alpha value is -2.65. The number of rotatable bonds is 7. The number of H-pyrrole nitrogens is 1. The van der Waals surface area contributed by atoms with E-state index in [0.717, 1.165) is 30.6 Å². The normalized spacial score (nSPS) is 14.1. The zero-order valence-corrected chi connectivity index (χ0v) is 17.3. The van der Waals surface area contributed by atoms with Crippen molar-refractivity contribution >= 4 is 40.6 Å². The van der Waals surface area contributed by atoms with E-state index in [9.17, 15) is 9.59 Å². The predicted molar refractivity (Wildman–Crippen MR) is 115 cm³/mol. The molecule has 0 aliphatic heterocycles. The van der Waals surface area contributed by atoms with Gasteiger partial charge in [-0.2, -0.15) is 0 Å². The fraction of sp³-hybridized carbons (Fsp3) is 0.300. The number of carbonyl (C=O) groups excluding carboxylic acids is 2. The molecule has 150 valence electrons. The lowest BCUT2D eigenvalue weighted by molar-refractivity contribution is -0.113. The Balaban J connectivity index is 1.34. The van der Waals surface area contributed by atoms with E-state index in [1.54, 1.807) is 35.6 Å². The van der Waals surface area contributed by atoms with Crippen LogP contribution in [0.2, 0.25) is 0 Å². The van der Waals surface area contributed by atoms with Gasteiger partial charge in [-0.15, -0.1) is 16.4 Å². The number of nitrogens with zero attached hydrogens (tertiary/aromatic N) is 2. The zero-order chi connectivity index (χ0) is 20.1. The van der Waals surface area contributed by atoms with Gasteiger partial charge in [0.25, 0.3) is 5.91 Å². The third kappa shape index (κ3) is 5.04. The lowest BCUT2D eigenvalue weighted by Gasteiger charge is -2.14. The number of thioether (sulfide) groups is 1. The van der Waals surface area contributed by atoms with Gasteiger partial charge in [0.1, 0.15) is 0 Å². The Labute approximate surface area is 176 Å². The molecule has 4 rings (SSSR count). The summed E-state index contributed by atoms with van der Waals surface area (Å²) in [6.07, 6.45) is 4.33. The highest BCUT2D eigenvalue weighted by molar-refractivity contribution is 7.99. The van der Waals surface area contributed by atoms with Crippen molar-refractivity contribution in [3.05, 3.63) is 47.3 Å². The second kappa shape index (κ2) is 9.23. The average molecular weight is 428 g/mol. The minimum atomic E-state index is -0.210. The maximum Gasteiger partial charge on any atom is 0.253 e. The highest BCUT2D eigenvalue weighted by atomic mass is 32.2. The van der Waals surface area contributed by atoms with Gasteiger partial charge in [0.15, 0.2) is 5.82 Å². The number of anilines is 1. The first-order valence-corrected chi connectivity index (χ1v) is 11.3. The topological polar surface area (TPSA) is 99.8 Å². The minimum Gasteiger partial charge on any atom is -0.349 e. The summed E-state index contributed by atoms with van der Waals surface area (Å²) < 4.78 is 0. The molecule has 2 heterocycles. The van der Waals surface area contributed by atoms with Gasteiger partial charge in [0.2, 0.25) is 11.1 Å². The van der Waals surface area contributed by atoms with E-state index >= 15 is 0 Å². The summed E-state index contributed by atoms with van der Waals surface area (Å²) >= 11 is 2.82. The van der Waals surface area contributed by atoms with E-state index in [1.807, 2.05) is 17.5 Å². The van der Waals surface area contributed by atoms with Crippen molar-refractivity contribution in [3.8, 4) is 10.7 Å². The van der Waals surface area contributed by atoms with Gasteiger partial charge in [-0.1, -0.05) is 42.8 Å². The molecule has 0 spiro atoms. The van der Waals surface area contributed by atoms with Crippen LogP contribution in [-0.2, 0) is 4.79 Å². The maximum atomic E-state index is 12.6. The van der Waals surface area contributed by atoms with Crippen LogP contribution >= 0.6 is 23.1 Å². The second-order valence-corrected chi connectivity index (χ2v) is 8.67. The van der Waals surface area contributed by atoms with Gasteiger partial charge < -0.3 is 10.6 Å². The zero-order valence-electron chi connectivity index (χ0n) is 15.7. The van der Waals surface area contributed by atoms with Crippen molar-refractivity contribution in [1.82, 2.24) is 20.5 Å². The Morgan fingerprint density at radius 3 is 2.79 bits per heavy atom. The Morgan fingerprint density at radius 2 is 2.00 bits per heavy atom. The number of hydrogen-bond acceptors (Lipinski definition) is 6. The quantitative estimate of drug-likeness (QED) is 0.496. The molecule has 1 saturated carbocycles. The number of amides is 2. The van der Waals surface area contributed by atoms with Crippen LogP contribution in [0.5, 0.6) is 0 Å². The molecular formula is C20H21N5O2S2. The van der Waals surface area contributed by atoms with Crippen LogP contribution in [0.3, 0.4) is 0 Å². The Morgan fingerprint density at radius 1 is 1.17 bits per heavy atom. The molecule has 3 N–H and O–H groups in total. The molecule has 0 atom stereocenters. The Kier molecular flexibility index (Phi) is 6.26. The number of thiophene rings is 1. The Bertz CT molecular complexity index is 980. The summed E-state index contributed by atoms with van der Waals surface area (Å²) in [6, 6.07) is 11.2. The van der Waals surface area contributed by atoms with Crippen LogP contribution in [0.25, 0.3) is 10.7 Å². The summed E-state index contributed by atoms with van der Waals surface area (Å²) in [5.74, 6) is 0.491. The fourth-order valence-corrected chi connectivity index (χ4v) is 4.54. The van der Waals surface area contributed by atoms with Gasteiger partial charge in [-0.25, -0.2) is 4.98 Å². The van der Waals surface area contributed by atoms with Crippen molar-refractivity contribution in [2.45, 2.75) is 36.9 Å². The number of aromatic amines is 1. The first-order chi connectivity index (χ1) is 14.2. The highest BCUT2D eigenvalue weighted by Crippen LogP contribution is 2.24. The van der Waals surface area contributed by atoms with Gasteiger partial charge in [0, 0.05) is 6.04 Å². The van der Waals surface area contributed by atoms with E-state index in [-0.39, 0.29) is 23.6 Å². The number of hydrogen-bond donors (Lipinski definition) is 3. The van der Waals surface area contributed by atoms with Crippen LogP contribution in [0, 0.1) is 0 Å². The highest BCUT2D eigenvalue weighted by Gasteiger charge is 2.20. The van der Waals surface area contributed by atoms with Gasteiger partial charge in [0.05, 0.1) is 21.9 Å². The molecule has 0 unspecified atom stereocenters. The second-order valence-electron chi connectivity index (χ2n) is 6.78. The van der Waals surface area contributed by atoms with Crippen LogP contribution in [-0.4, -0.2) is 38.8 Å². The molecule has 9 heteroatoms. The lowest BCUT2D eigenvalue weighted by Crippen LogP contribution is -2.33. The molecule has 29 heavy (non-hydrogen) atoms. The summed E-state index contributed by atoms with van der Waals surface area (Å²) in [5, 5.41) is 15.4. The molecule has 1 aliphatic rings. The molecular weight excluding hydrogens is 406 g/mol. The van der Waals surface area contributed by atoms with Crippen molar-refractivity contribution < 1.29 is 9.59 Å². The lowest BCUT2D eigenvalue weighted by atomic mass is 10.1. The van der Waals surface area contributed by atoms with Crippen molar-refractivity contribution in [3.63, 3.8) is 0 Å².